The molecule has 0 bridgehead atoms. The number of aliphatic imine (C=N–C) groups is 1. The first-order chi connectivity index (χ1) is 12.7. The van der Waals surface area contributed by atoms with E-state index < -0.39 is 29.0 Å². The van der Waals surface area contributed by atoms with Crippen molar-refractivity contribution in [2.75, 3.05) is 7.05 Å². The number of carbonyl (C=O) groups excluding carboxylic acids is 1. The number of aromatic nitrogens is 1. The molecule has 0 aliphatic heterocycles. The molecule has 6 heteroatoms. The first-order valence-electron chi connectivity index (χ1n) is 8.77. The SMILES string of the molecule is CCC(C)(C)C(=NC)C(C(=O)c1ccc(Cl)cc1F)C(O)c1cccnc1. The molecule has 0 spiro atoms. The van der Waals surface area contributed by atoms with Gasteiger partial charge in [0.1, 0.15) is 5.82 Å². The highest BCUT2D eigenvalue weighted by Crippen LogP contribution is 2.35. The van der Waals surface area contributed by atoms with Gasteiger partial charge in [0.15, 0.2) is 5.78 Å². The van der Waals surface area contributed by atoms with E-state index in [1.54, 1.807) is 25.4 Å². The average Bonchev–Trinajstić information content (AvgIpc) is 2.65. The van der Waals surface area contributed by atoms with Crippen LogP contribution >= 0.6 is 11.6 Å². The van der Waals surface area contributed by atoms with Gasteiger partial charge in [0.2, 0.25) is 0 Å². The number of hydrogen-bond donors (Lipinski definition) is 1. The van der Waals surface area contributed by atoms with Gasteiger partial charge in [0, 0.05) is 35.6 Å². The van der Waals surface area contributed by atoms with Crippen molar-refractivity contribution in [3.8, 4) is 0 Å². The Balaban J connectivity index is 2.60. The second-order valence-electron chi connectivity index (χ2n) is 7.04. The molecule has 1 aromatic carbocycles. The molecule has 4 nitrogen and oxygen atoms in total. The molecule has 0 saturated carbocycles. The molecule has 0 saturated heterocycles. The Labute approximate surface area is 164 Å². The molecule has 1 N–H and O–H groups in total. The minimum absolute atomic E-state index is 0.125. The summed E-state index contributed by atoms with van der Waals surface area (Å²) in [5, 5.41) is 11.2. The number of aliphatic hydroxyl groups is 1. The Kier molecular flexibility index (Phi) is 6.84. The Morgan fingerprint density at radius 1 is 1.37 bits per heavy atom. The highest BCUT2D eigenvalue weighted by molar-refractivity contribution is 6.30. The second-order valence-corrected chi connectivity index (χ2v) is 7.48. The molecule has 2 atom stereocenters. The molecule has 2 rings (SSSR count). The molecule has 2 unspecified atom stereocenters. The van der Waals surface area contributed by atoms with E-state index in [-0.39, 0.29) is 10.6 Å². The number of nitrogens with zero attached hydrogens (tertiary/aromatic N) is 2. The summed E-state index contributed by atoms with van der Waals surface area (Å²) in [5.41, 5.74) is 0.403. The van der Waals surface area contributed by atoms with Crippen LogP contribution in [-0.2, 0) is 0 Å². The third-order valence-electron chi connectivity index (χ3n) is 4.93. The molecular weight excluding hydrogens is 367 g/mol. The molecule has 27 heavy (non-hydrogen) atoms. The van der Waals surface area contributed by atoms with E-state index in [2.05, 4.69) is 9.98 Å². The van der Waals surface area contributed by atoms with E-state index in [4.69, 9.17) is 11.6 Å². The Bertz CT molecular complexity index is 837. The van der Waals surface area contributed by atoms with Crippen LogP contribution in [0.3, 0.4) is 0 Å². The van der Waals surface area contributed by atoms with E-state index in [1.165, 1.54) is 18.3 Å². The number of aliphatic hydroxyl groups excluding tert-OH is 1. The smallest absolute Gasteiger partial charge is 0.177 e. The lowest BCUT2D eigenvalue weighted by Crippen LogP contribution is -2.39. The van der Waals surface area contributed by atoms with E-state index in [9.17, 15) is 14.3 Å². The summed E-state index contributed by atoms with van der Waals surface area (Å²) in [4.78, 5) is 21.7. The Morgan fingerprint density at radius 3 is 2.59 bits per heavy atom. The molecule has 0 aliphatic rings. The monoisotopic (exact) mass is 390 g/mol. The summed E-state index contributed by atoms with van der Waals surface area (Å²) in [5.74, 6) is -2.30. The molecule has 2 aromatic rings. The zero-order valence-corrected chi connectivity index (χ0v) is 16.7. The highest BCUT2D eigenvalue weighted by atomic mass is 35.5. The summed E-state index contributed by atoms with van der Waals surface area (Å²) in [6.07, 6.45) is 2.57. The number of hydrogen-bond acceptors (Lipinski definition) is 4. The van der Waals surface area contributed by atoms with Gasteiger partial charge < -0.3 is 5.11 Å². The van der Waals surface area contributed by atoms with Crippen LogP contribution in [0.4, 0.5) is 4.39 Å². The predicted molar refractivity (Wildman–Crippen MR) is 106 cm³/mol. The third kappa shape index (κ3) is 4.60. The molecule has 0 radical (unpaired) electrons. The normalized spacial score (nSPS) is 14.7. The van der Waals surface area contributed by atoms with Crippen molar-refractivity contribution in [3.63, 3.8) is 0 Å². The quantitative estimate of drug-likeness (QED) is 0.539. The number of halogens is 2. The van der Waals surface area contributed by atoms with Gasteiger partial charge in [-0.3, -0.25) is 14.8 Å². The average molecular weight is 391 g/mol. The lowest BCUT2D eigenvalue weighted by molar-refractivity contribution is 0.0774. The van der Waals surface area contributed by atoms with E-state index in [0.717, 1.165) is 6.07 Å². The van der Waals surface area contributed by atoms with Gasteiger partial charge in [0.05, 0.1) is 17.6 Å². The third-order valence-corrected chi connectivity index (χ3v) is 5.17. The van der Waals surface area contributed by atoms with Crippen molar-refractivity contribution in [3.05, 3.63) is 64.7 Å². The van der Waals surface area contributed by atoms with Crippen molar-refractivity contribution in [1.29, 1.82) is 0 Å². The maximum Gasteiger partial charge on any atom is 0.177 e. The van der Waals surface area contributed by atoms with Crippen molar-refractivity contribution in [2.24, 2.45) is 16.3 Å². The van der Waals surface area contributed by atoms with E-state index in [1.807, 2.05) is 20.8 Å². The van der Waals surface area contributed by atoms with Crippen LogP contribution in [0.2, 0.25) is 5.02 Å². The van der Waals surface area contributed by atoms with Crippen molar-refractivity contribution < 1.29 is 14.3 Å². The van der Waals surface area contributed by atoms with Gasteiger partial charge in [-0.15, -0.1) is 0 Å². The second kappa shape index (κ2) is 8.72. The standard InChI is InChI=1S/C21H24ClFN2O2/c1-5-21(2,3)20(24-4)17(18(26)13-7-6-10-25-12-13)19(27)15-9-8-14(22)11-16(15)23/h6-12,17-18,26H,5H2,1-4H3. The van der Waals surface area contributed by atoms with Gasteiger partial charge in [0.25, 0.3) is 0 Å². The van der Waals surface area contributed by atoms with Crippen molar-refractivity contribution >= 4 is 23.1 Å². The fraction of sp³-hybridized carbons (Fsp3) is 0.381. The molecule has 1 heterocycles. The minimum Gasteiger partial charge on any atom is -0.387 e. The molecule has 0 amide bonds. The number of rotatable bonds is 7. The van der Waals surface area contributed by atoms with Crippen LogP contribution in [0.25, 0.3) is 0 Å². The maximum atomic E-state index is 14.4. The summed E-state index contributed by atoms with van der Waals surface area (Å²) in [7, 11) is 1.58. The van der Waals surface area contributed by atoms with Gasteiger partial charge in [-0.25, -0.2) is 4.39 Å². The predicted octanol–water partition coefficient (Wildman–Crippen LogP) is 4.91. The Hall–Kier alpha value is -2.11. The number of carbonyl (C=O) groups is 1. The molecule has 1 aromatic heterocycles. The van der Waals surface area contributed by atoms with Crippen LogP contribution in [0.1, 0.15) is 49.2 Å². The van der Waals surface area contributed by atoms with Crippen LogP contribution < -0.4 is 0 Å². The van der Waals surface area contributed by atoms with Crippen molar-refractivity contribution in [2.45, 2.75) is 33.3 Å². The van der Waals surface area contributed by atoms with Crippen LogP contribution in [-0.4, -0.2) is 28.6 Å². The molecule has 144 valence electrons. The fourth-order valence-corrected chi connectivity index (χ4v) is 3.22. The molecule has 0 aliphatic carbocycles. The van der Waals surface area contributed by atoms with Crippen molar-refractivity contribution in [1.82, 2.24) is 4.98 Å². The van der Waals surface area contributed by atoms with Crippen LogP contribution in [0.5, 0.6) is 0 Å². The fourth-order valence-electron chi connectivity index (χ4n) is 3.06. The first kappa shape index (κ1) is 21.2. The number of pyridine rings is 1. The lowest BCUT2D eigenvalue weighted by Gasteiger charge is -2.33. The van der Waals surface area contributed by atoms with Gasteiger partial charge >= 0.3 is 0 Å². The lowest BCUT2D eigenvalue weighted by atomic mass is 9.72. The summed E-state index contributed by atoms with van der Waals surface area (Å²) in [6.45, 7) is 5.87. The molecular formula is C21H24ClFN2O2. The number of ketones is 1. The van der Waals surface area contributed by atoms with E-state index >= 15 is 0 Å². The largest absolute Gasteiger partial charge is 0.387 e. The Morgan fingerprint density at radius 2 is 2.07 bits per heavy atom. The highest BCUT2D eigenvalue weighted by Gasteiger charge is 2.40. The summed E-state index contributed by atoms with van der Waals surface area (Å²) >= 11 is 5.81. The summed E-state index contributed by atoms with van der Waals surface area (Å²) < 4.78 is 14.4. The zero-order chi connectivity index (χ0) is 20.2. The number of Topliss-reactive ketones (excluding diaryl/α,β-unsaturated/α-hetero) is 1. The maximum absolute atomic E-state index is 14.4. The van der Waals surface area contributed by atoms with Crippen LogP contribution in [0.15, 0.2) is 47.7 Å². The van der Waals surface area contributed by atoms with Gasteiger partial charge in [-0.1, -0.05) is 38.4 Å². The summed E-state index contributed by atoms with van der Waals surface area (Å²) in [6, 6.07) is 7.25. The zero-order valence-electron chi connectivity index (χ0n) is 15.9. The van der Waals surface area contributed by atoms with E-state index in [0.29, 0.717) is 17.7 Å². The van der Waals surface area contributed by atoms with Gasteiger partial charge in [-0.05, 0) is 36.2 Å². The van der Waals surface area contributed by atoms with Gasteiger partial charge in [-0.2, -0.15) is 0 Å². The molecule has 0 fully saturated rings. The number of benzene rings is 1. The van der Waals surface area contributed by atoms with Crippen LogP contribution in [0, 0.1) is 17.2 Å². The topological polar surface area (TPSA) is 62.5 Å². The minimum atomic E-state index is -1.20. The first-order valence-corrected chi connectivity index (χ1v) is 9.15.